The Morgan fingerprint density at radius 3 is 1.73 bits per heavy atom. The van der Waals surface area contributed by atoms with E-state index in [-0.39, 0.29) is 5.92 Å². The van der Waals surface area contributed by atoms with Gasteiger partial charge in [0.1, 0.15) is 0 Å². The van der Waals surface area contributed by atoms with Gasteiger partial charge in [0.2, 0.25) is 0 Å². The highest BCUT2D eigenvalue weighted by Gasteiger charge is 2.51. The molecule has 0 N–H and O–H groups in total. The normalized spacial score (nSPS) is 15.0. The standard InChI is InChI=1S/C62H46N2/c1-63-59-29-17-15-27-54(59)56-41-47(32-38-60(56)63)44-30-34-50(35-31-44)64(61-39-33-46(43-18-6-2-7-19-43)40-55(61)45-20-8-3-9-21-45)51-36-37-53-52-26-14-16-28-57(52)62(58(53)42-51,48-22-10-4-11-23-48)49-24-12-5-13-25-49/h2-36,38-42,53H,37H2,1H3. The maximum absolute atomic E-state index is 2.54. The monoisotopic (exact) mass is 818 g/mol. The molecule has 0 aliphatic heterocycles. The van der Waals surface area contributed by atoms with Crippen molar-refractivity contribution in [3.63, 3.8) is 0 Å². The number of allylic oxidation sites excluding steroid dienone is 3. The van der Waals surface area contributed by atoms with E-state index in [0.29, 0.717) is 0 Å². The van der Waals surface area contributed by atoms with Gasteiger partial charge < -0.3 is 9.47 Å². The lowest BCUT2D eigenvalue weighted by Gasteiger charge is -2.38. The van der Waals surface area contributed by atoms with Gasteiger partial charge in [0.05, 0.1) is 11.1 Å². The minimum absolute atomic E-state index is 0.239. The molecule has 0 fully saturated rings. The molecule has 0 saturated heterocycles. The summed E-state index contributed by atoms with van der Waals surface area (Å²) in [5.74, 6) is 0.239. The molecule has 9 aromatic carbocycles. The number of aryl methyl sites for hydroxylation is 1. The minimum atomic E-state index is -0.460. The summed E-state index contributed by atoms with van der Waals surface area (Å²) in [5.41, 5.74) is 19.4. The predicted molar refractivity (Wildman–Crippen MR) is 268 cm³/mol. The zero-order chi connectivity index (χ0) is 42.6. The van der Waals surface area contributed by atoms with Crippen LogP contribution < -0.4 is 4.90 Å². The zero-order valence-electron chi connectivity index (χ0n) is 35.8. The topological polar surface area (TPSA) is 8.17 Å². The van der Waals surface area contributed by atoms with E-state index >= 15 is 0 Å². The largest absolute Gasteiger partial charge is 0.344 e. The van der Waals surface area contributed by atoms with Gasteiger partial charge in [-0.3, -0.25) is 0 Å². The molecule has 1 heterocycles. The Morgan fingerprint density at radius 2 is 1.02 bits per heavy atom. The third kappa shape index (κ3) is 6.02. The summed E-state index contributed by atoms with van der Waals surface area (Å²) in [6.07, 6.45) is 5.91. The van der Waals surface area contributed by atoms with Crippen LogP contribution in [0.5, 0.6) is 0 Å². The van der Waals surface area contributed by atoms with Gasteiger partial charge >= 0.3 is 0 Å². The molecule has 0 bridgehead atoms. The Hall–Kier alpha value is -7.94. The number of hydrogen-bond donors (Lipinski definition) is 0. The van der Waals surface area contributed by atoms with E-state index in [9.17, 15) is 0 Å². The predicted octanol–water partition coefficient (Wildman–Crippen LogP) is 15.8. The molecule has 2 nitrogen and oxygen atoms in total. The molecule has 0 radical (unpaired) electrons. The van der Waals surface area contributed by atoms with E-state index in [0.717, 1.165) is 17.8 Å². The Morgan fingerprint density at radius 1 is 0.469 bits per heavy atom. The molecule has 1 aromatic heterocycles. The number of benzene rings is 9. The van der Waals surface area contributed by atoms with Crippen molar-refractivity contribution in [2.75, 3.05) is 4.90 Å². The third-order valence-corrected chi connectivity index (χ3v) is 13.9. The molecule has 304 valence electrons. The summed E-state index contributed by atoms with van der Waals surface area (Å²) in [5, 5.41) is 2.56. The van der Waals surface area contributed by atoms with Crippen molar-refractivity contribution >= 4 is 33.2 Å². The second kappa shape index (κ2) is 15.4. The number of fused-ring (bicyclic) bond motifs is 6. The van der Waals surface area contributed by atoms with E-state index in [1.54, 1.807) is 0 Å². The first-order valence-electron chi connectivity index (χ1n) is 22.4. The Bertz CT molecular complexity index is 3360. The summed E-state index contributed by atoms with van der Waals surface area (Å²) >= 11 is 0. The van der Waals surface area contributed by atoms with Crippen molar-refractivity contribution in [3.8, 4) is 33.4 Å². The van der Waals surface area contributed by atoms with E-state index in [1.807, 2.05) is 0 Å². The molecule has 2 aliphatic carbocycles. The van der Waals surface area contributed by atoms with Gasteiger partial charge in [-0.15, -0.1) is 0 Å². The lowest BCUT2D eigenvalue weighted by atomic mass is 9.66. The van der Waals surface area contributed by atoms with Crippen molar-refractivity contribution in [2.24, 2.45) is 7.05 Å². The summed E-state index contributed by atoms with van der Waals surface area (Å²) in [7, 11) is 2.16. The van der Waals surface area contributed by atoms with Gasteiger partial charge in [0.15, 0.2) is 0 Å². The average molecular weight is 819 g/mol. The van der Waals surface area contributed by atoms with E-state index < -0.39 is 5.41 Å². The van der Waals surface area contributed by atoms with Gasteiger partial charge in [0, 0.05) is 51.7 Å². The van der Waals surface area contributed by atoms with E-state index in [2.05, 4.69) is 259 Å². The summed E-state index contributed by atoms with van der Waals surface area (Å²) in [6, 6.07) is 85.0. The van der Waals surface area contributed by atoms with Crippen molar-refractivity contribution in [1.29, 1.82) is 0 Å². The lowest BCUT2D eigenvalue weighted by molar-refractivity contribution is 0.688. The van der Waals surface area contributed by atoms with E-state index in [1.165, 1.54) is 88.7 Å². The Kier molecular flexibility index (Phi) is 9.12. The highest BCUT2D eigenvalue weighted by atomic mass is 15.1. The van der Waals surface area contributed by atoms with Crippen molar-refractivity contribution in [1.82, 2.24) is 4.57 Å². The van der Waals surface area contributed by atoms with Gasteiger partial charge in [-0.05, 0) is 111 Å². The fourth-order valence-corrected chi connectivity index (χ4v) is 11.0. The fraction of sp³-hybridized carbons (Fsp3) is 0.0645. The first-order valence-corrected chi connectivity index (χ1v) is 22.4. The SMILES string of the molecule is Cn1c2ccccc2c2cc(-c3ccc(N(C4=CCC5C(=C4)C(c4ccccc4)(c4ccccc4)c4ccccc45)c4ccc(-c5ccccc5)cc4-c4ccccc4)cc3)ccc21. The third-order valence-electron chi connectivity index (χ3n) is 13.9. The number of nitrogens with zero attached hydrogens (tertiary/aromatic N) is 2. The highest BCUT2D eigenvalue weighted by molar-refractivity contribution is 6.09. The van der Waals surface area contributed by atoms with Crippen LogP contribution in [0.2, 0.25) is 0 Å². The zero-order valence-corrected chi connectivity index (χ0v) is 35.8. The van der Waals surface area contributed by atoms with E-state index in [4.69, 9.17) is 0 Å². The maximum Gasteiger partial charge on any atom is 0.0674 e. The molecule has 10 aromatic rings. The first-order chi connectivity index (χ1) is 31.7. The second-order valence-electron chi connectivity index (χ2n) is 17.2. The van der Waals surface area contributed by atoms with Gasteiger partial charge in [0.25, 0.3) is 0 Å². The van der Waals surface area contributed by atoms with Crippen LogP contribution in [-0.4, -0.2) is 4.57 Å². The molecule has 2 aliphatic rings. The first kappa shape index (κ1) is 37.8. The summed E-state index contributed by atoms with van der Waals surface area (Å²) in [4.78, 5) is 2.52. The molecule has 2 heteroatoms. The molecule has 1 unspecified atom stereocenters. The number of rotatable bonds is 8. The van der Waals surface area contributed by atoms with Crippen LogP contribution in [0.25, 0.3) is 55.2 Å². The molecular weight excluding hydrogens is 773 g/mol. The Labute approximate surface area is 375 Å². The van der Waals surface area contributed by atoms with Crippen LogP contribution >= 0.6 is 0 Å². The molecule has 64 heavy (non-hydrogen) atoms. The average Bonchev–Trinajstić information content (AvgIpc) is 3.83. The number of hydrogen-bond acceptors (Lipinski definition) is 1. The van der Waals surface area contributed by atoms with Crippen molar-refractivity contribution in [2.45, 2.75) is 17.8 Å². The number of aromatic nitrogens is 1. The molecular formula is C62H46N2. The van der Waals surface area contributed by atoms with Crippen LogP contribution in [0, 0.1) is 0 Å². The fourth-order valence-electron chi connectivity index (χ4n) is 11.0. The number of para-hydroxylation sites is 1. The van der Waals surface area contributed by atoms with Gasteiger partial charge in [-0.2, -0.15) is 0 Å². The maximum atomic E-state index is 2.54. The van der Waals surface area contributed by atoms with Crippen LogP contribution in [0.1, 0.15) is 34.6 Å². The van der Waals surface area contributed by atoms with Crippen molar-refractivity contribution < 1.29 is 0 Å². The molecule has 12 rings (SSSR count). The smallest absolute Gasteiger partial charge is 0.0674 e. The number of anilines is 2. The summed E-state index contributed by atoms with van der Waals surface area (Å²) in [6.45, 7) is 0. The minimum Gasteiger partial charge on any atom is -0.344 e. The second-order valence-corrected chi connectivity index (χ2v) is 17.2. The molecule has 0 saturated carbocycles. The van der Waals surface area contributed by atoms with Gasteiger partial charge in [-0.25, -0.2) is 0 Å². The van der Waals surface area contributed by atoms with Crippen LogP contribution in [0.3, 0.4) is 0 Å². The molecule has 1 atom stereocenters. The molecule has 0 amide bonds. The van der Waals surface area contributed by atoms with Crippen molar-refractivity contribution in [3.05, 3.63) is 276 Å². The quantitative estimate of drug-likeness (QED) is 0.148. The highest BCUT2D eigenvalue weighted by Crippen LogP contribution is 2.60. The van der Waals surface area contributed by atoms with Gasteiger partial charge in [-0.1, -0.05) is 194 Å². The van der Waals surface area contributed by atoms with Crippen LogP contribution in [0.4, 0.5) is 11.4 Å². The van der Waals surface area contributed by atoms with Crippen LogP contribution in [0.15, 0.2) is 254 Å². The molecule has 0 spiro atoms. The Balaban J connectivity index is 1.07. The van der Waals surface area contributed by atoms with Crippen LogP contribution in [-0.2, 0) is 12.5 Å². The summed E-state index contributed by atoms with van der Waals surface area (Å²) < 4.78 is 2.30. The lowest BCUT2D eigenvalue weighted by Crippen LogP contribution is -2.31.